The number of sulfone groups is 1. The molecule has 0 fully saturated rings. The Morgan fingerprint density at radius 2 is 2.04 bits per heavy atom. The molecule has 7 heteroatoms. The number of aliphatic hydroxyl groups excluding tert-OH is 1. The van der Waals surface area contributed by atoms with Gasteiger partial charge in [-0.15, -0.1) is 0 Å². The van der Waals surface area contributed by atoms with Crippen LogP contribution >= 0.6 is 0 Å². The number of furan rings is 1. The second-order valence-electron chi connectivity index (χ2n) is 6.68. The van der Waals surface area contributed by atoms with Gasteiger partial charge in [0.15, 0.2) is 11.3 Å². The highest BCUT2D eigenvalue weighted by Crippen LogP contribution is 2.38. The van der Waals surface area contributed by atoms with Crippen molar-refractivity contribution in [1.29, 1.82) is 0 Å². The van der Waals surface area contributed by atoms with Crippen LogP contribution in [0.5, 0.6) is 5.75 Å². The maximum Gasteiger partial charge on any atom is 0.206 e. The van der Waals surface area contributed by atoms with Gasteiger partial charge in [-0.25, -0.2) is 8.42 Å². The quantitative estimate of drug-likeness (QED) is 0.716. The molecule has 6 nitrogen and oxygen atoms in total. The maximum absolute atomic E-state index is 13.2. The smallest absolute Gasteiger partial charge is 0.206 e. The van der Waals surface area contributed by atoms with E-state index in [4.69, 9.17) is 9.15 Å². The summed E-state index contributed by atoms with van der Waals surface area (Å²) >= 11 is 0. The predicted octanol–water partition coefficient (Wildman–Crippen LogP) is 2.97. The highest BCUT2D eigenvalue weighted by molar-refractivity contribution is 7.91. The van der Waals surface area contributed by atoms with Gasteiger partial charge < -0.3 is 19.6 Å². The topological polar surface area (TPSA) is 88.8 Å². The Labute approximate surface area is 157 Å². The summed E-state index contributed by atoms with van der Waals surface area (Å²) in [6, 6.07) is 9.51. The van der Waals surface area contributed by atoms with Crippen LogP contribution in [-0.2, 0) is 22.8 Å². The Hall–Kier alpha value is -2.35. The van der Waals surface area contributed by atoms with E-state index in [2.05, 4.69) is 5.32 Å². The van der Waals surface area contributed by atoms with Crippen LogP contribution in [0.3, 0.4) is 0 Å². The van der Waals surface area contributed by atoms with Gasteiger partial charge in [-0.2, -0.15) is 0 Å². The second-order valence-corrected chi connectivity index (χ2v) is 8.63. The zero-order chi connectivity index (χ0) is 19.2. The summed E-state index contributed by atoms with van der Waals surface area (Å²) in [5.41, 5.74) is 2.10. The molecule has 0 aliphatic carbocycles. The van der Waals surface area contributed by atoms with E-state index in [0.29, 0.717) is 23.4 Å². The van der Waals surface area contributed by atoms with E-state index in [9.17, 15) is 13.5 Å². The lowest BCUT2D eigenvalue weighted by atomic mass is 10.1. The molecule has 1 aliphatic rings. The van der Waals surface area contributed by atoms with Crippen molar-refractivity contribution in [2.45, 2.75) is 35.8 Å². The summed E-state index contributed by atoms with van der Waals surface area (Å²) in [4.78, 5) is 0.279. The summed E-state index contributed by atoms with van der Waals surface area (Å²) in [5.74, 6) is 1.26. The number of rotatable bonds is 4. The molecule has 1 atom stereocenters. The van der Waals surface area contributed by atoms with Gasteiger partial charge in [0.1, 0.15) is 5.76 Å². The van der Waals surface area contributed by atoms with Crippen molar-refractivity contribution in [3.63, 3.8) is 0 Å². The van der Waals surface area contributed by atoms with E-state index in [1.54, 1.807) is 25.1 Å². The molecule has 27 heavy (non-hydrogen) atoms. The minimum Gasteiger partial charge on any atom is -0.493 e. The van der Waals surface area contributed by atoms with E-state index in [-0.39, 0.29) is 9.79 Å². The number of benzene rings is 2. The van der Waals surface area contributed by atoms with Crippen LogP contribution in [0, 0.1) is 0 Å². The standard InChI is InChI=1S/C20H21NO5S/c1-12(22)13-4-3-5-14(8-13)27(23,24)15-9-16-17-11-21-7-6-18(17)26-20(16)19(10-15)25-2/h3-5,8-10,12,21-22H,6-7,11H2,1-2H3/t12-/m1/s1. The van der Waals surface area contributed by atoms with E-state index in [1.807, 2.05) is 0 Å². The third-order valence-corrected chi connectivity index (χ3v) is 6.66. The largest absolute Gasteiger partial charge is 0.493 e. The average molecular weight is 387 g/mol. The summed E-state index contributed by atoms with van der Waals surface area (Å²) in [6.45, 7) is 3.06. The number of fused-ring (bicyclic) bond motifs is 3. The number of ether oxygens (including phenoxy) is 1. The van der Waals surface area contributed by atoms with Crippen LogP contribution in [0.4, 0.5) is 0 Å². The Kier molecular flexibility index (Phi) is 4.46. The molecule has 0 spiro atoms. The Morgan fingerprint density at radius 1 is 1.22 bits per heavy atom. The molecular weight excluding hydrogens is 366 g/mol. The van der Waals surface area contributed by atoms with Gasteiger partial charge in [0.25, 0.3) is 0 Å². The fourth-order valence-electron chi connectivity index (χ4n) is 3.44. The Morgan fingerprint density at radius 3 is 2.78 bits per heavy atom. The van der Waals surface area contributed by atoms with Crippen molar-refractivity contribution < 1.29 is 22.7 Å². The molecule has 0 bridgehead atoms. The molecule has 0 amide bonds. The lowest BCUT2D eigenvalue weighted by Crippen LogP contribution is -2.22. The molecule has 2 heterocycles. The molecule has 1 aliphatic heterocycles. The number of hydrogen-bond donors (Lipinski definition) is 2. The molecule has 0 radical (unpaired) electrons. The third-order valence-electron chi connectivity index (χ3n) is 4.93. The predicted molar refractivity (Wildman–Crippen MR) is 101 cm³/mol. The summed E-state index contributed by atoms with van der Waals surface area (Å²) in [5, 5.41) is 13.8. The van der Waals surface area contributed by atoms with Crippen LogP contribution in [0.15, 0.2) is 50.6 Å². The number of aliphatic hydroxyl groups is 1. The van der Waals surface area contributed by atoms with E-state index in [0.717, 1.165) is 29.7 Å². The molecule has 2 N–H and O–H groups in total. The number of hydrogen-bond acceptors (Lipinski definition) is 6. The SMILES string of the molecule is COc1cc(S(=O)(=O)c2cccc([C@@H](C)O)c2)cc2c3c(oc12)CCNC3. The molecule has 0 saturated carbocycles. The first-order valence-corrected chi connectivity index (χ1v) is 10.3. The van der Waals surface area contributed by atoms with Crippen LogP contribution < -0.4 is 10.1 Å². The van der Waals surface area contributed by atoms with Gasteiger partial charge in [-0.3, -0.25) is 0 Å². The van der Waals surface area contributed by atoms with E-state index >= 15 is 0 Å². The summed E-state index contributed by atoms with van der Waals surface area (Å²) in [7, 11) is -2.28. The van der Waals surface area contributed by atoms with Gasteiger partial charge in [0.2, 0.25) is 9.84 Å². The first-order chi connectivity index (χ1) is 12.9. The van der Waals surface area contributed by atoms with E-state index < -0.39 is 15.9 Å². The minimum absolute atomic E-state index is 0.137. The first-order valence-electron chi connectivity index (χ1n) is 8.78. The van der Waals surface area contributed by atoms with Gasteiger partial charge in [0.05, 0.1) is 23.0 Å². The van der Waals surface area contributed by atoms with E-state index in [1.165, 1.54) is 25.3 Å². The number of methoxy groups -OCH3 is 1. The van der Waals surface area contributed by atoms with Crippen molar-refractivity contribution in [2.75, 3.05) is 13.7 Å². The molecule has 3 aromatic rings. The highest BCUT2D eigenvalue weighted by Gasteiger charge is 2.25. The summed E-state index contributed by atoms with van der Waals surface area (Å²) < 4.78 is 37.8. The zero-order valence-corrected chi connectivity index (χ0v) is 16.0. The second kappa shape index (κ2) is 6.67. The van der Waals surface area contributed by atoms with Gasteiger partial charge in [0, 0.05) is 36.5 Å². The molecular formula is C20H21NO5S. The summed E-state index contributed by atoms with van der Waals surface area (Å²) in [6.07, 6.45) is 0.00947. The lowest BCUT2D eigenvalue weighted by molar-refractivity contribution is 0.199. The minimum atomic E-state index is -3.78. The van der Waals surface area contributed by atoms with Gasteiger partial charge in [-0.05, 0) is 30.7 Å². The molecule has 1 aromatic heterocycles. The molecule has 0 unspecified atom stereocenters. The van der Waals surface area contributed by atoms with Crippen LogP contribution in [0.25, 0.3) is 11.0 Å². The maximum atomic E-state index is 13.2. The first kappa shape index (κ1) is 18.0. The molecule has 2 aromatic carbocycles. The number of nitrogens with one attached hydrogen (secondary N) is 1. The normalized spacial score (nSPS) is 15.5. The molecule has 4 rings (SSSR count). The lowest BCUT2D eigenvalue weighted by Gasteiger charge is -2.12. The van der Waals surface area contributed by atoms with Crippen LogP contribution in [0.1, 0.15) is 29.9 Å². The highest BCUT2D eigenvalue weighted by atomic mass is 32.2. The molecule has 142 valence electrons. The molecule has 0 saturated heterocycles. The fraction of sp³-hybridized carbons (Fsp3) is 0.300. The average Bonchev–Trinajstić information content (AvgIpc) is 3.06. The third kappa shape index (κ3) is 3.01. The van der Waals surface area contributed by atoms with Gasteiger partial charge in [-0.1, -0.05) is 12.1 Å². The van der Waals surface area contributed by atoms with Crippen molar-refractivity contribution in [3.05, 3.63) is 53.3 Å². The van der Waals surface area contributed by atoms with Crippen LogP contribution in [-0.4, -0.2) is 27.2 Å². The zero-order valence-electron chi connectivity index (χ0n) is 15.2. The van der Waals surface area contributed by atoms with Crippen molar-refractivity contribution in [1.82, 2.24) is 5.32 Å². The van der Waals surface area contributed by atoms with Crippen molar-refractivity contribution in [2.24, 2.45) is 0 Å². The van der Waals surface area contributed by atoms with Gasteiger partial charge >= 0.3 is 0 Å². The van der Waals surface area contributed by atoms with Crippen LogP contribution in [0.2, 0.25) is 0 Å². The van der Waals surface area contributed by atoms with Crippen molar-refractivity contribution in [3.8, 4) is 5.75 Å². The Bertz CT molecular complexity index is 1110. The monoisotopic (exact) mass is 387 g/mol. The van der Waals surface area contributed by atoms with Crippen molar-refractivity contribution >= 4 is 20.8 Å². The Balaban J connectivity index is 1.91. The fourth-order valence-corrected chi connectivity index (χ4v) is 4.79.